The number of amides is 3. The van der Waals surface area contributed by atoms with Crippen molar-refractivity contribution in [3.8, 4) is 0 Å². The van der Waals surface area contributed by atoms with Gasteiger partial charge in [-0.15, -0.1) is 0 Å². The van der Waals surface area contributed by atoms with Gasteiger partial charge in [0.2, 0.25) is 0 Å². The van der Waals surface area contributed by atoms with Crippen LogP contribution in [0.4, 0.5) is 4.79 Å². The van der Waals surface area contributed by atoms with Crippen LogP contribution in [0.5, 0.6) is 0 Å². The fourth-order valence-corrected chi connectivity index (χ4v) is 2.35. The van der Waals surface area contributed by atoms with Crippen molar-refractivity contribution in [2.24, 2.45) is 0 Å². The highest BCUT2D eigenvalue weighted by Crippen LogP contribution is 2.15. The number of likely N-dealkylation sites (N-methyl/N-ethyl adjacent to an activating group) is 1. The number of carbonyl (C=O) groups excluding carboxylic acids is 3. The second kappa shape index (κ2) is 10.7. The third-order valence-electron chi connectivity index (χ3n) is 3.59. The van der Waals surface area contributed by atoms with E-state index in [0.29, 0.717) is 11.6 Å². The van der Waals surface area contributed by atoms with E-state index in [1.54, 1.807) is 19.1 Å². The van der Waals surface area contributed by atoms with E-state index in [4.69, 9.17) is 11.6 Å². The first-order valence-corrected chi connectivity index (χ1v) is 8.58. The molecule has 0 aliphatic carbocycles. The maximum Gasteiger partial charge on any atom is 0.414 e. The summed E-state index contributed by atoms with van der Waals surface area (Å²) in [5, 5.41) is 5.65. The summed E-state index contributed by atoms with van der Waals surface area (Å²) in [7, 11) is 0. The fourth-order valence-electron chi connectivity index (χ4n) is 2.22. The van der Waals surface area contributed by atoms with E-state index in [9.17, 15) is 14.4 Å². The summed E-state index contributed by atoms with van der Waals surface area (Å²) in [5.74, 6) is -0.655. The molecule has 0 aromatic heterocycles. The van der Waals surface area contributed by atoms with Gasteiger partial charge >= 0.3 is 6.09 Å². The smallest absolute Gasteiger partial charge is 0.414 e. The number of imide groups is 1. The normalized spacial score (nSPS) is 12.8. The van der Waals surface area contributed by atoms with Gasteiger partial charge in [0.1, 0.15) is 0 Å². The molecule has 0 spiro atoms. The zero-order chi connectivity index (χ0) is 18.8. The second-order valence-corrected chi connectivity index (χ2v) is 6.00. The lowest BCUT2D eigenvalue weighted by Gasteiger charge is -2.19. The molecule has 3 amide bonds. The van der Waals surface area contributed by atoms with Gasteiger partial charge in [0, 0.05) is 5.02 Å². The number of hydrogen-bond acceptors (Lipinski definition) is 4. The summed E-state index contributed by atoms with van der Waals surface area (Å²) in [6, 6.07) is 7.07. The Morgan fingerprint density at radius 3 is 2.28 bits per heavy atom. The van der Waals surface area contributed by atoms with Crippen LogP contribution in [-0.4, -0.2) is 44.1 Å². The van der Waals surface area contributed by atoms with Crippen LogP contribution in [0, 0.1) is 0 Å². The van der Waals surface area contributed by atoms with Gasteiger partial charge in [-0.05, 0) is 38.5 Å². The summed E-state index contributed by atoms with van der Waals surface area (Å²) in [6.45, 7) is 6.29. The molecule has 0 saturated heterocycles. The van der Waals surface area contributed by atoms with Crippen molar-refractivity contribution >= 4 is 29.5 Å². The van der Waals surface area contributed by atoms with E-state index in [1.807, 2.05) is 26.0 Å². The monoisotopic (exact) mass is 370 g/mol. The Kier molecular flexibility index (Phi) is 8.94. The molecule has 1 unspecified atom stereocenters. The topological polar surface area (TPSA) is 88.9 Å². The minimum absolute atomic E-state index is 0.0120. The summed E-state index contributed by atoms with van der Waals surface area (Å²) in [4.78, 5) is 35.9. The third-order valence-corrected chi connectivity index (χ3v) is 3.84. The fraction of sp³-hybridized carbons (Fsp3) is 0.471. The zero-order valence-corrected chi connectivity index (χ0v) is 15.5. The van der Waals surface area contributed by atoms with E-state index in [2.05, 4.69) is 15.4 Å². The predicted octanol–water partition coefficient (Wildman–Crippen LogP) is 0.695. The molecule has 0 heterocycles. The van der Waals surface area contributed by atoms with Crippen molar-refractivity contribution < 1.29 is 24.0 Å². The van der Waals surface area contributed by atoms with Crippen LogP contribution in [0.2, 0.25) is 5.02 Å². The SMILES string of the molecule is CCOC(=O)NC(=O)C[NH+](CC)CC(=O)N[C@@H](C)c1ccc(Cl)cc1. The minimum Gasteiger partial charge on any atom is -0.450 e. The van der Waals surface area contributed by atoms with E-state index in [-0.39, 0.29) is 31.6 Å². The van der Waals surface area contributed by atoms with Gasteiger partial charge in [-0.25, -0.2) is 4.79 Å². The summed E-state index contributed by atoms with van der Waals surface area (Å²) < 4.78 is 4.65. The lowest BCUT2D eigenvalue weighted by atomic mass is 10.1. The molecule has 8 heteroatoms. The zero-order valence-electron chi connectivity index (χ0n) is 14.7. The quantitative estimate of drug-likeness (QED) is 0.628. The third kappa shape index (κ3) is 8.00. The van der Waals surface area contributed by atoms with E-state index < -0.39 is 12.0 Å². The van der Waals surface area contributed by atoms with Crippen molar-refractivity contribution in [1.29, 1.82) is 0 Å². The first-order chi connectivity index (χ1) is 11.8. The van der Waals surface area contributed by atoms with Crippen molar-refractivity contribution in [3.63, 3.8) is 0 Å². The highest BCUT2D eigenvalue weighted by Gasteiger charge is 2.19. The summed E-state index contributed by atoms with van der Waals surface area (Å²) in [5.41, 5.74) is 0.941. The number of rotatable bonds is 8. The number of halogens is 1. The Morgan fingerprint density at radius 1 is 1.12 bits per heavy atom. The Morgan fingerprint density at radius 2 is 1.72 bits per heavy atom. The van der Waals surface area contributed by atoms with Gasteiger partial charge in [-0.3, -0.25) is 14.9 Å². The maximum absolute atomic E-state index is 12.2. The average Bonchev–Trinajstić information content (AvgIpc) is 2.54. The molecule has 25 heavy (non-hydrogen) atoms. The lowest BCUT2D eigenvalue weighted by Crippen LogP contribution is -3.14. The Balaban J connectivity index is 2.48. The van der Waals surface area contributed by atoms with E-state index in [0.717, 1.165) is 10.5 Å². The lowest BCUT2D eigenvalue weighted by molar-refractivity contribution is -0.881. The summed E-state index contributed by atoms with van der Waals surface area (Å²) >= 11 is 5.85. The van der Waals surface area contributed by atoms with Gasteiger partial charge in [0.15, 0.2) is 13.1 Å². The van der Waals surface area contributed by atoms with Gasteiger partial charge in [0.05, 0.1) is 19.2 Å². The highest BCUT2D eigenvalue weighted by atomic mass is 35.5. The van der Waals surface area contributed by atoms with Crippen molar-refractivity contribution in [2.75, 3.05) is 26.2 Å². The largest absolute Gasteiger partial charge is 0.450 e. The Bertz CT molecular complexity index is 592. The molecule has 2 atom stereocenters. The summed E-state index contributed by atoms with van der Waals surface area (Å²) in [6.07, 6.45) is -0.774. The van der Waals surface area contributed by atoms with Crippen molar-refractivity contribution in [3.05, 3.63) is 34.9 Å². The Labute approximate surface area is 152 Å². The molecule has 0 fully saturated rings. The van der Waals surface area contributed by atoms with Gasteiger partial charge in [-0.2, -0.15) is 0 Å². The van der Waals surface area contributed by atoms with Crippen LogP contribution in [0.25, 0.3) is 0 Å². The Hall–Kier alpha value is -2.12. The number of quaternary nitrogens is 1. The highest BCUT2D eigenvalue weighted by molar-refractivity contribution is 6.30. The molecular formula is C17H25ClN3O4+. The maximum atomic E-state index is 12.2. The molecule has 0 aliphatic heterocycles. The van der Waals surface area contributed by atoms with Gasteiger partial charge in [0.25, 0.3) is 11.8 Å². The van der Waals surface area contributed by atoms with Crippen molar-refractivity contribution in [1.82, 2.24) is 10.6 Å². The van der Waals surface area contributed by atoms with Crippen molar-refractivity contribution in [2.45, 2.75) is 26.8 Å². The molecule has 0 saturated carbocycles. The molecule has 0 radical (unpaired) electrons. The molecular weight excluding hydrogens is 346 g/mol. The standard InChI is InChI=1S/C17H24ClN3O4/c1-4-21(11-16(23)20-17(24)25-5-2)10-15(22)19-12(3)13-6-8-14(18)9-7-13/h6-9,12H,4-5,10-11H2,1-3H3,(H,19,22)(H,20,23,24)/p+1/t12-/m0/s1. The molecule has 1 aromatic rings. The molecule has 0 aliphatic rings. The number of carbonyl (C=O) groups is 3. The second-order valence-electron chi connectivity index (χ2n) is 5.57. The average molecular weight is 371 g/mol. The predicted molar refractivity (Wildman–Crippen MR) is 94.4 cm³/mol. The number of benzene rings is 1. The van der Waals surface area contributed by atoms with E-state index in [1.165, 1.54) is 0 Å². The van der Waals surface area contributed by atoms with Crippen LogP contribution in [-0.2, 0) is 14.3 Å². The van der Waals surface area contributed by atoms with Crippen LogP contribution in [0.15, 0.2) is 24.3 Å². The molecule has 1 rings (SSSR count). The first-order valence-electron chi connectivity index (χ1n) is 8.20. The van der Waals surface area contributed by atoms with Gasteiger partial charge in [-0.1, -0.05) is 23.7 Å². The number of ether oxygens (including phenoxy) is 1. The molecule has 3 N–H and O–H groups in total. The minimum atomic E-state index is -0.774. The van der Waals surface area contributed by atoms with Crippen LogP contribution in [0.3, 0.4) is 0 Å². The number of hydrogen-bond donors (Lipinski definition) is 3. The molecule has 1 aromatic carbocycles. The number of alkyl carbamates (subject to hydrolysis) is 1. The molecule has 7 nitrogen and oxygen atoms in total. The number of nitrogens with one attached hydrogen (secondary N) is 3. The molecule has 0 bridgehead atoms. The van der Waals surface area contributed by atoms with E-state index >= 15 is 0 Å². The van der Waals surface area contributed by atoms with Crippen LogP contribution < -0.4 is 15.5 Å². The molecule has 138 valence electrons. The van der Waals surface area contributed by atoms with Gasteiger partial charge < -0.3 is 15.0 Å². The van der Waals surface area contributed by atoms with Crippen LogP contribution >= 0.6 is 11.6 Å². The first kappa shape index (κ1) is 20.9. The van der Waals surface area contributed by atoms with Crippen LogP contribution in [0.1, 0.15) is 32.4 Å².